The third kappa shape index (κ3) is 2.88. The summed E-state index contributed by atoms with van der Waals surface area (Å²) in [6, 6.07) is 15.6. The number of benzene rings is 3. The third-order valence-electron chi connectivity index (χ3n) is 6.69. The molecule has 4 aromatic rings. The summed E-state index contributed by atoms with van der Waals surface area (Å²) in [5.41, 5.74) is 6.35. The van der Waals surface area contributed by atoms with Crippen molar-refractivity contribution in [3.8, 4) is 22.8 Å². The van der Waals surface area contributed by atoms with E-state index in [4.69, 9.17) is 4.74 Å². The van der Waals surface area contributed by atoms with Crippen LogP contribution < -0.4 is 9.30 Å². The van der Waals surface area contributed by atoms with E-state index in [0.717, 1.165) is 11.5 Å². The molecule has 0 bridgehead atoms. The Morgan fingerprint density at radius 3 is 2.16 bits per heavy atom. The largest absolute Gasteiger partial charge is 0.455 e. The van der Waals surface area contributed by atoms with E-state index in [0.29, 0.717) is 0 Å². The Balaban J connectivity index is 2.01. The number of ether oxygens (including phenoxy) is 1. The zero-order valence-electron chi connectivity index (χ0n) is 20.0. The number of rotatable bonds is 0. The first kappa shape index (κ1) is 20.1. The molecule has 2 heteroatoms. The van der Waals surface area contributed by atoms with E-state index < -0.39 is 0 Å². The number of aromatic nitrogens is 1. The number of hydrogen-bond acceptors (Lipinski definition) is 1. The first-order chi connectivity index (χ1) is 14.5. The molecule has 0 saturated heterocycles. The van der Waals surface area contributed by atoms with Crippen LogP contribution in [0, 0.1) is 6.92 Å². The summed E-state index contributed by atoms with van der Waals surface area (Å²) in [5.74, 6) is 1.99. The van der Waals surface area contributed by atoms with Crippen molar-refractivity contribution in [2.24, 2.45) is 7.05 Å². The lowest BCUT2D eigenvalue weighted by atomic mass is 9.78. The van der Waals surface area contributed by atoms with Crippen molar-refractivity contribution in [1.82, 2.24) is 0 Å². The van der Waals surface area contributed by atoms with Gasteiger partial charge in [0.2, 0.25) is 5.69 Å². The summed E-state index contributed by atoms with van der Waals surface area (Å²) < 4.78 is 9.14. The van der Waals surface area contributed by atoms with Gasteiger partial charge in [-0.15, -0.1) is 0 Å². The Hall–Kier alpha value is -2.87. The first-order valence-corrected chi connectivity index (χ1v) is 11.2. The minimum absolute atomic E-state index is 0.0526. The van der Waals surface area contributed by atoms with Crippen molar-refractivity contribution in [3.63, 3.8) is 0 Å². The summed E-state index contributed by atoms with van der Waals surface area (Å²) in [4.78, 5) is 0. The Morgan fingerprint density at radius 1 is 0.839 bits per heavy atom. The molecule has 0 atom stereocenters. The summed E-state index contributed by atoms with van der Waals surface area (Å²) in [6.45, 7) is 15.9. The monoisotopic (exact) mass is 410 g/mol. The molecule has 1 aliphatic heterocycles. The van der Waals surface area contributed by atoms with Crippen molar-refractivity contribution < 1.29 is 9.30 Å². The van der Waals surface area contributed by atoms with E-state index in [1.54, 1.807) is 0 Å². The Kier molecular flexibility index (Phi) is 4.09. The quantitative estimate of drug-likeness (QED) is 0.241. The highest BCUT2D eigenvalue weighted by Gasteiger charge is 2.36. The molecule has 0 amide bonds. The molecule has 1 aromatic heterocycles. The Bertz CT molecular complexity index is 1380. The second kappa shape index (κ2) is 6.32. The van der Waals surface area contributed by atoms with Crippen LogP contribution in [-0.2, 0) is 17.9 Å². The smallest absolute Gasteiger partial charge is 0.228 e. The molecule has 2 heterocycles. The maximum atomic E-state index is 6.87. The fourth-order valence-corrected chi connectivity index (χ4v) is 5.10. The molecule has 0 fully saturated rings. The van der Waals surface area contributed by atoms with Crippen LogP contribution in [0.4, 0.5) is 0 Å². The summed E-state index contributed by atoms with van der Waals surface area (Å²) >= 11 is 0. The van der Waals surface area contributed by atoms with Gasteiger partial charge >= 0.3 is 0 Å². The normalized spacial score (nSPS) is 13.4. The van der Waals surface area contributed by atoms with Crippen LogP contribution in [-0.4, -0.2) is 0 Å². The minimum atomic E-state index is -0.0526. The van der Waals surface area contributed by atoms with E-state index >= 15 is 0 Å². The van der Waals surface area contributed by atoms with Crippen molar-refractivity contribution >= 4 is 21.5 Å². The van der Waals surface area contributed by atoms with Gasteiger partial charge in [-0.2, -0.15) is 0 Å². The van der Waals surface area contributed by atoms with Crippen LogP contribution in [0.3, 0.4) is 0 Å². The molecular formula is C29H32NO+. The summed E-state index contributed by atoms with van der Waals surface area (Å²) in [5, 5.41) is 5.05. The van der Waals surface area contributed by atoms with Gasteiger partial charge in [-0.05, 0) is 57.2 Å². The summed E-state index contributed by atoms with van der Waals surface area (Å²) in [7, 11) is 2.15. The number of nitrogens with zero attached hydrogens (tertiary/aromatic N) is 1. The van der Waals surface area contributed by atoms with Gasteiger partial charge in [-0.1, -0.05) is 65.8 Å². The molecule has 3 aromatic carbocycles. The Labute approximate surface area is 185 Å². The fraction of sp³-hybridized carbons (Fsp3) is 0.345. The van der Waals surface area contributed by atoms with Crippen LogP contribution in [0.15, 0.2) is 48.7 Å². The molecule has 0 aliphatic carbocycles. The van der Waals surface area contributed by atoms with Gasteiger partial charge < -0.3 is 4.74 Å². The zero-order chi connectivity index (χ0) is 22.3. The Morgan fingerprint density at radius 2 is 1.52 bits per heavy atom. The highest BCUT2D eigenvalue weighted by atomic mass is 16.5. The predicted molar refractivity (Wildman–Crippen MR) is 130 cm³/mol. The number of hydrogen-bond donors (Lipinski definition) is 0. The third-order valence-corrected chi connectivity index (χ3v) is 6.69. The van der Waals surface area contributed by atoms with Crippen LogP contribution in [0.1, 0.15) is 58.2 Å². The van der Waals surface area contributed by atoms with Gasteiger partial charge in [0.1, 0.15) is 18.5 Å². The zero-order valence-corrected chi connectivity index (χ0v) is 20.0. The average Bonchev–Trinajstić information content (AvgIpc) is 2.68. The van der Waals surface area contributed by atoms with Gasteiger partial charge in [0.05, 0.1) is 10.9 Å². The maximum Gasteiger partial charge on any atom is 0.228 e. The van der Waals surface area contributed by atoms with E-state index in [1.807, 2.05) is 0 Å². The standard InChI is InChI=1S/C29H32NO/c1-17-20-11-9-10-12-21(20)25(29(5,6)7)27-23(17)26-24-18(13-14-30(26)8)15-19(28(2,3)4)16-22(24)31-27/h9-16H,1-8H3/q+1. The maximum absolute atomic E-state index is 6.87. The predicted octanol–water partition coefficient (Wildman–Crippen LogP) is 7.49. The van der Waals surface area contributed by atoms with Gasteiger partial charge in [-0.25, -0.2) is 4.57 Å². The van der Waals surface area contributed by atoms with Crippen molar-refractivity contribution in [3.05, 3.63) is 65.4 Å². The SMILES string of the molecule is Cc1c2c(c(C(C)(C)C)c3ccccc13)Oc1cc(C(C)(C)C)cc3cc[n+](C)c-2c13. The lowest BCUT2D eigenvalue weighted by Gasteiger charge is -2.31. The van der Waals surface area contributed by atoms with E-state index in [-0.39, 0.29) is 10.8 Å². The lowest BCUT2D eigenvalue weighted by Crippen LogP contribution is -2.32. The van der Waals surface area contributed by atoms with Crippen molar-refractivity contribution in [2.75, 3.05) is 0 Å². The molecule has 31 heavy (non-hydrogen) atoms. The van der Waals surface area contributed by atoms with E-state index in [1.165, 1.54) is 49.5 Å². The van der Waals surface area contributed by atoms with Gasteiger partial charge in [0.15, 0.2) is 6.20 Å². The van der Waals surface area contributed by atoms with Gasteiger partial charge in [0.25, 0.3) is 0 Å². The van der Waals surface area contributed by atoms with Crippen molar-refractivity contribution in [1.29, 1.82) is 0 Å². The number of fused-ring (bicyclic) bond motifs is 3. The first-order valence-electron chi connectivity index (χ1n) is 11.2. The average molecular weight is 411 g/mol. The molecule has 0 N–H and O–H groups in total. The van der Waals surface area contributed by atoms with Gasteiger partial charge in [0, 0.05) is 11.6 Å². The van der Waals surface area contributed by atoms with Crippen LogP contribution >= 0.6 is 0 Å². The van der Waals surface area contributed by atoms with E-state index in [9.17, 15) is 0 Å². The van der Waals surface area contributed by atoms with Gasteiger partial charge in [-0.3, -0.25) is 0 Å². The molecule has 0 spiro atoms. The molecule has 5 rings (SSSR count). The van der Waals surface area contributed by atoms with Crippen LogP contribution in [0.25, 0.3) is 32.8 Å². The molecule has 1 aliphatic rings. The number of pyridine rings is 1. The second-order valence-electron chi connectivity index (χ2n) is 11.1. The van der Waals surface area contributed by atoms with Crippen LogP contribution in [0.2, 0.25) is 0 Å². The fourth-order valence-electron chi connectivity index (χ4n) is 5.10. The molecule has 158 valence electrons. The van der Waals surface area contributed by atoms with Crippen molar-refractivity contribution in [2.45, 2.75) is 59.3 Å². The highest BCUT2D eigenvalue weighted by molar-refractivity contribution is 6.07. The highest BCUT2D eigenvalue weighted by Crippen LogP contribution is 2.53. The second-order valence-corrected chi connectivity index (χ2v) is 11.1. The molecule has 0 unspecified atom stereocenters. The topological polar surface area (TPSA) is 13.1 Å². The summed E-state index contributed by atoms with van der Waals surface area (Å²) in [6.07, 6.45) is 2.19. The van der Waals surface area contributed by atoms with Crippen LogP contribution in [0.5, 0.6) is 11.5 Å². The molecule has 0 radical (unpaired) electrons. The van der Waals surface area contributed by atoms with E-state index in [2.05, 4.69) is 109 Å². The number of aryl methyl sites for hydroxylation is 2. The molecular weight excluding hydrogens is 378 g/mol. The lowest BCUT2D eigenvalue weighted by molar-refractivity contribution is -0.659. The minimum Gasteiger partial charge on any atom is -0.455 e. The molecule has 2 nitrogen and oxygen atoms in total. The molecule has 0 saturated carbocycles.